The highest BCUT2D eigenvalue weighted by Crippen LogP contribution is 2.13. The Morgan fingerprint density at radius 2 is 2.27 bits per heavy atom. The fraction of sp³-hybridized carbons (Fsp3) is 0.600. The molecule has 7 heteroatoms. The molecule has 1 saturated heterocycles. The summed E-state index contributed by atoms with van der Waals surface area (Å²) in [5.41, 5.74) is 0.866. The molecule has 1 aromatic carbocycles. The van der Waals surface area contributed by atoms with Gasteiger partial charge < -0.3 is 4.74 Å². The molecule has 1 N–H and O–H groups in total. The van der Waals surface area contributed by atoms with E-state index in [1.807, 2.05) is 19.9 Å². The summed E-state index contributed by atoms with van der Waals surface area (Å²) in [6.07, 6.45) is 1.24. The third-order valence-electron chi connectivity index (χ3n) is 3.72. The Morgan fingerprint density at radius 3 is 2.95 bits per heavy atom. The molecule has 0 spiro atoms. The maximum absolute atomic E-state index is 13.1. The second-order valence-electron chi connectivity index (χ2n) is 5.73. The number of hydrogen-bond acceptors (Lipinski definition) is 3. The summed E-state index contributed by atoms with van der Waals surface area (Å²) >= 11 is 0. The molecule has 0 bridgehead atoms. The zero-order chi connectivity index (χ0) is 16.2. The van der Waals surface area contributed by atoms with E-state index < -0.39 is 10.2 Å². The quantitative estimate of drug-likeness (QED) is 0.864. The molecule has 22 heavy (non-hydrogen) atoms. The number of rotatable bonds is 6. The zero-order valence-corrected chi connectivity index (χ0v) is 13.8. The molecule has 0 aliphatic carbocycles. The normalized spacial score (nSPS) is 21.7. The van der Waals surface area contributed by atoms with Gasteiger partial charge in [-0.15, -0.1) is 0 Å². The predicted octanol–water partition coefficient (Wildman–Crippen LogP) is 1.70. The van der Waals surface area contributed by atoms with Gasteiger partial charge in [-0.25, -0.2) is 4.39 Å². The minimum Gasteiger partial charge on any atom is -0.378 e. The Kier molecular flexibility index (Phi) is 5.91. The van der Waals surface area contributed by atoms with Crippen LogP contribution in [0.1, 0.15) is 25.8 Å². The summed E-state index contributed by atoms with van der Waals surface area (Å²) in [6, 6.07) is 5.99. The van der Waals surface area contributed by atoms with E-state index in [0.29, 0.717) is 32.6 Å². The first-order valence-electron chi connectivity index (χ1n) is 7.50. The number of benzene rings is 1. The van der Waals surface area contributed by atoms with Crippen molar-refractivity contribution < 1.29 is 17.5 Å². The van der Waals surface area contributed by atoms with E-state index in [9.17, 15) is 12.8 Å². The number of nitrogens with zero attached hydrogens (tertiary/aromatic N) is 1. The largest absolute Gasteiger partial charge is 0.378 e. The molecule has 5 nitrogen and oxygen atoms in total. The van der Waals surface area contributed by atoms with E-state index in [1.54, 1.807) is 6.07 Å². The monoisotopic (exact) mass is 330 g/mol. The van der Waals surface area contributed by atoms with Gasteiger partial charge in [0.1, 0.15) is 5.82 Å². The van der Waals surface area contributed by atoms with Crippen molar-refractivity contribution >= 4 is 10.2 Å². The van der Waals surface area contributed by atoms with Crippen LogP contribution in [0.15, 0.2) is 24.3 Å². The number of nitrogens with one attached hydrogen (secondary N) is 1. The second-order valence-corrected chi connectivity index (χ2v) is 7.38. The van der Waals surface area contributed by atoms with E-state index >= 15 is 0 Å². The summed E-state index contributed by atoms with van der Waals surface area (Å²) in [6.45, 7) is 4.85. The molecule has 1 heterocycles. The predicted molar refractivity (Wildman–Crippen MR) is 83.2 cm³/mol. The van der Waals surface area contributed by atoms with Crippen LogP contribution in [0.5, 0.6) is 0 Å². The van der Waals surface area contributed by atoms with Crippen molar-refractivity contribution in [3.05, 3.63) is 35.6 Å². The molecule has 1 aliphatic rings. The lowest BCUT2D eigenvalue weighted by molar-refractivity contribution is 0.0385. The van der Waals surface area contributed by atoms with E-state index in [4.69, 9.17) is 4.74 Å². The van der Waals surface area contributed by atoms with Gasteiger partial charge in [0.05, 0.1) is 13.2 Å². The summed E-state index contributed by atoms with van der Waals surface area (Å²) in [5, 5.41) is 0. The smallest absolute Gasteiger partial charge is 0.280 e. The molecule has 0 saturated carbocycles. The minimum atomic E-state index is -3.52. The maximum atomic E-state index is 13.1. The minimum absolute atomic E-state index is 0.165. The molecule has 2 rings (SSSR count). The number of hydrogen-bond donors (Lipinski definition) is 1. The number of aryl methyl sites for hydroxylation is 1. The summed E-state index contributed by atoms with van der Waals surface area (Å²) < 4.78 is 47.2. The van der Waals surface area contributed by atoms with Crippen molar-refractivity contribution in [2.45, 2.75) is 38.8 Å². The first-order chi connectivity index (χ1) is 10.4. The van der Waals surface area contributed by atoms with Crippen molar-refractivity contribution in [1.29, 1.82) is 0 Å². The molecule has 1 aromatic rings. The lowest BCUT2D eigenvalue weighted by Gasteiger charge is -2.33. The zero-order valence-electron chi connectivity index (χ0n) is 13.0. The fourth-order valence-corrected chi connectivity index (χ4v) is 4.14. The number of halogens is 1. The van der Waals surface area contributed by atoms with Gasteiger partial charge in [-0.1, -0.05) is 12.1 Å². The second kappa shape index (κ2) is 7.50. The highest BCUT2D eigenvalue weighted by atomic mass is 32.2. The number of ether oxygens (including phenoxy) is 1. The summed E-state index contributed by atoms with van der Waals surface area (Å²) in [7, 11) is -3.52. The molecule has 1 fully saturated rings. The van der Waals surface area contributed by atoms with Crippen LogP contribution < -0.4 is 4.72 Å². The Bertz CT molecular complexity index is 594. The van der Waals surface area contributed by atoms with Crippen LogP contribution in [0.25, 0.3) is 0 Å². The van der Waals surface area contributed by atoms with E-state index in [2.05, 4.69) is 4.72 Å². The molecule has 1 aliphatic heterocycles. The molecular weight excluding hydrogens is 307 g/mol. The van der Waals surface area contributed by atoms with Crippen LogP contribution in [0.2, 0.25) is 0 Å². The lowest BCUT2D eigenvalue weighted by atomic mass is 10.1. The van der Waals surface area contributed by atoms with E-state index in [-0.39, 0.29) is 17.9 Å². The van der Waals surface area contributed by atoms with Gasteiger partial charge in [0, 0.05) is 18.6 Å². The summed E-state index contributed by atoms with van der Waals surface area (Å²) in [4.78, 5) is 0. The topological polar surface area (TPSA) is 58.6 Å². The Morgan fingerprint density at radius 1 is 1.50 bits per heavy atom. The lowest BCUT2D eigenvalue weighted by Crippen LogP contribution is -2.53. The van der Waals surface area contributed by atoms with Crippen LogP contribution in [-0.2, 0) is 21.4 Å². The van der Waals surface area contributed by atoms with Crippen molar-refractivity contribution in [2.24, 2.45) is 0 Å². The molecule has 0 amide bonds. The molecule has 0 unspecified atom stereocenters. The van der Waals surface area contributed by atoms with Gasteiger partial charge in [0.15, 0.2) is 0 Å². The molecule has 0 radical (unpaired) electrons. The van der Waals surface area contributed by atoms with Crippen molar-refractivity contribution in [3.8, 4) is 0 Å². The highest BCUT2D eigenvalue weighted by molar-refractivity contribution is 7.87. The van der Waals surface area contributed by atoms with E-state index in [1.165, 1.54) is 16.4 Å². The third-order valence-corrected chi connectivity index (χ3v) is 5.58. The van der Waals surface area contributed by atoms with Crippen molar-refractivity contribution in [3.63, 3.8) is 0 Å². The van der Waals surface area contributed by atoms with Crippen LogP contribution in [0.3, 0.4) is 0 Å². The average molecular weight is 330 g/mol. The first kappa shape index (κ1) is 17.3. The first-order valence-corrected chi connectivity index (χ1v) is 8.94. The van der Waals surface area contributed by atoms with Gasteiger partial charge in [0.25, 0.3) is 10.2 Å². The Hall–Kier alpha value is -1.02. The van der Waals surface area contributed by atoms with Crippen LogP contribution in [-0.4, -0.2) is 44.6 Å². The molecule has 2 atom stereocenters. The molecule has 0 aromatic heterocycles. The average Bonchev–Trinajstić information content (AvgIpc) is 2.45. The molecular formula is C15H23FN2O3S. The van der Waals surface area contributed by atoms with Crippen LogP contribution in [0, 0.1) is 5.82 Å². The van der Waals surface area contributed by atoms with Gasteiger partial charge in [0.2, 0.25) is 0 Å². The van der Waals surface area contributed by atoms with Gasteiger partial charge in [-0.3, -0.25) is 0 Å². The van der Waals surface area contributed by atoms with Crippen molar-refractivity contribution in [2.75, 3.05) is 19.8 Å². The summed E-state index contributed by atoms with van der Waals surface area (Å²) in [5.74, 6) is -0.270. The Labute approximate surface area is 131 Å². The van der Waals surface area contributed by atoms with Crippen molar-refractivity contribution in [1.82, 2.24) is 9.03 Å². The molecule has 124 valence electrons. The SMILES string of the molecule is C[C@@H](CCc1cccc(F)c1)NS(=O)(=O)N1CCOC[C@@H]1C. The highest BCUT2D eigenvalue weighted by Gasteiger charge is 2.30. The maximum Gasteiger partial charge on any atom is 0.280 e. The van der Waals surface area contributed by atoms with Crippen LogP contribution in [0.4, 0.5) is 4.39 Å². The third kappa shape index (κ3) is 4.74. The van der Waals surface area contributed by atoms with E-state index in [0.717, 1.165) is 5.56 Å². The van der Waals surface area contributed by atoms with Gasteiger partial charge >= 0.3 is 0 Å². The standard InChI is InChI=1S/C15H23FN2O3S/c1-12(6-7-14-4-3-5-15(16)10-14)17-22(19,20)18-8-9-21-11-13(18)2/h3-5,10,12-13,17H,6-9,11H2,1-2H3/t12-,13-/m0/s1. The Balaban J connectivity index is 1.89. The van der Waals surface area contributed by atoms with Crippen LogP contribution >= 0.6 is 0 Å². The van der Waals surface area contributed by atoms with Gasteiger partial charge in [-0.05, 0) is 44.4 Å². The van der Waals surface area contributed by atoms with Gasteiger partial charge in [-0.2, -0.15) is 17.4 Å². The number of morpholine rings is 1. The fourth-order valence-electron chi connectivity index (χ4n) is 2.53.